The summed E-state index contributed by atoms with van der Waals surface area (Å²) < 4.78 is 20.3. The zero-order valence-electron chi connectivity index (χ0n) is 17.3. The number of hydrogen-bond donors (Lipinski definition) is 1. The standard InChI is InChI=1S/C25H19BrFNO4/c1-14-12-15(10-11-19(14)26)23(29)21-22(18-8-3-4-9-20(18)32-2)28(25(31)24(21)30)17-7-5-6-16(27)13-17/h3-13,22,29H,1-2H3/b23-21+. The number of aryl methyl sites for hydroxylation is 1. The second kappa shape index (κ2) is 8.59. The fraction of sp³-hybridized carbons (Fsp3) is 0.120. The first-order valence-corrected chi connectivity index (χ1v) is 10.6. The van der Waals surface area contributed by atoms with E-state index in [9.17, 15) is 19.1 Å². The molecular weight excluding hydrogens is 477 g/mol. The molecule has 1 N–H and O–H groups in total. The van der Waals surface area contributed by atoms with Crippen molar-refractivity contribution >= 4 is 39.1 Å². The molecule has 1 saturated heterocycles. The van der Waals surface area contributed by atoms with Gasteiger partial charge in [0.2, 0.25) is 0 Å². The summed E-state index contributed by atoms with van der Waals surface area (Å²) in [5.41, 5.74) is 1.85. The maximum Gasteiger partial charge on any atom is 0.300 e. The number of hydrogen-bond acceptors (Lipinski definition) is 4. The Balaban J connectivity index is 2.00. The summed E-state index contributed by atoms with van der Waals surface area (Å²) in [6.45, 7) is 1.85. The summed E-state index contributed by atoms with van der Waals surface area (Å²) >= 11 is 3.42. The number of carbonyl (C=O) groups is 2. The van der Waals surface area contributed by atoms with Crippen molar-refractivity contribution in [2.75, 3.05) is 12.0 Å². The van der Waals surface area contributed by atoms with Gasteiger partial charge in [-0.2, -0.15) is 0 Å². The number of ketones is 1. The Hall–Kier alpha value is -3.45. The minimum absolute atomic E-state index is 0.0921. The van der Waals surface area contributed by atoms with Crippen molar-refractivity contribution in [1.29, 1.82) is 0 Å². The molecule has 0 radical (unpaired) electrons. The van der Waals surface area contributed by atoms with Crippen LogP contribution < -0.4 is 9.64 Å². The fourth-order valence-electron chi connectivity index (χ4n) is 3.86. The van der Waals surface area contributed by atoms with E-state index in [4.69, 9.17) is 4.74 Å². The van der Waals surface area contributed by atoms with Crippen molar-refractivity contribution in [3.8, 4) is 5.75 Å². The first kappa shape index (κ1) is 21.8. The largest absolute Gasteiger partial charge is 0.507 e. The first-order valence-electron chi connectivity index (χ1n) is 9.79. The number of aliphatic hydroxyl groups is 1. The average Bonchev–Trinajstić information content (AvgIpc) is 3.05. The molecule has 1 amide bonds. The number of Topliss-reactive ketones (excluding diaryl/α,β-unsaturated/α-hetero) is 1. The topological polar surface area (TPSA) is 66.8 Å². The maximum absolute atomic E-state index is 14.0. The van der Waals surface area contributed by atoms with Gasteiger partial charge in [-0.15, -0.1) is 0 Å². The Morgan fingerprint density at radius 2 is 1.81 bits per heavy atom. The highest BCUT2D eigenvalue weighted by atomic mass is 79.9. The van der Waals surface area contributed by atoms with E-state index in [1.54, 1.807) is 48.5 Å². The molecule has 5 nitrogen and oxygen atoms in total. The lowest BCUT2D eigenvalue weighted by atomic mass is 9.94. The van der Waals surface area contributed by atoms with Crippen LogP contribution in [0.25, 0.3) is 5.76 Å². The summed E-state index contributed by atoms with van der Waals surface area (Å²) in [6, 6.07) is 16.5. The molecule has 0 saturated carbocycles. The Labute approximate surface area is 192 Å². The van der Waals surface area contributed by atoms with E-state index >= 15 is 0 Å². The van der Waals surface area contributed by atoms with Gasteiger partial charge >= 0.3 is 0 Å². The van der Waals surface area contributed by atoms with Crippen LogP contribution >= 0.6 is 15.9 Å². The quantitative estimate of drug-likeness (QED) is 0.293. The summed E-state index contributed by atoms with van der Waals surface area (Å²) in [5.74, 6) is -2.15. The molecule has 7 heteroatoms. The Morgan fingerprint density at radius 3 is 2.50 bits per heavy atom. The maximum atomic E-state index is 14.0. The second-order valence-corrected chi connectivity index (χ2v) is 8.21. The van der Waals surface area contributed by atoms with Crippen molar-refractivity contribution in [2.24, 2.45) is 0 Å². The first-order chi connectivity index (χ1) is 15.3. The monoisotopic (exact) mass is 495 g/mol. The normalized spacial score (nSPS) is 17.6. The van der Waals surface area contributed by atoms with Gasteiger partial charge in [-0.05, 0) is 48.9 Å². The lowest BCUT2D eigenvalue weighted by molar-refractivity contribution is -0.132. The Morgan fingerprint density at radius 1 is 1.06 bits per heavy atom. The van der Waals surface area contributed by atoms with E-state index in [2.05, 4.69) is 15.9 Å². The number of rotatable bonds is 4. The van der Waals surface area contributed by atoms with E-state index in [1.807, 2.05) is 6.92 Å². The number of benzene rings is 3. The number of ether oxygens (including phenoxy) is 1. The van der Waals surface area contributed by atoms with Crippen molar-refractivity contribution in [1.82, 2.24) is 0 Å². The molecule has 0 spiro atoms. The van der Waals surface area contributed by atoms with Gasteiger partial charge in [0.15, 0.2) is 0 Å². The molecule has 3 aromatic carbocycles. The van der Waals surface area contributed by atoms with Crippen LogP contribution in [0.1, 0.15) is 22.7 Å². The molecule has 162 valence electrons. The van der Waals surface area contributed by atoms with Gasteiger partial charge in [-0.1, -0.05) is 46.3 Å². The van der Waals surface area contributed by atoms with Crippen LogP contribution in [0.2, 0.25) is 0 Å². The van der Waals surface area contributed by atoms with Crippen molar-refractivity contribution in [3.63, 3.8) is 0 Å². The number of para-hydroxylation sites is 1. The predicted molar refractivity (Wildman–Crippen MR) is 123 cm³/mol. The molecule has 0 aromatic heterocycles. The van der Waals surface area contributed by atoms with E-state index in [1.165, 1.54) is 30.2 Å². The number of carbonyl (C=O) groups excluding carboxylic acids is 2. The van der Waals surface area contributed by atoms with Gasteiger partial charge in [0.05, 0.1) is 18.7 Å². The van der Waals surface area contributed by atoms with E-state index in [0.29, 0.717) is 16.9 Å². The molecule has 0 bridgehead atoms. The summed E-state index contributed by atoms with van der Waals surface area (Å²) in [6.07, 6.45) is 0. The number of anilines is 1. The van der Waals surface area contributed by atoms with Gasteiger partial charge in [-0.25, -0.2) is 4.39 Å². The third-order valence-corrected chi connectivity index (χ3v) is 6.29. The summed E-state index contributed by atoms with van der Waals surface area (Å²) in [5, 5.41) is 11.2. The zero-order valence-corrected chi connectivity index (χ0v) is 18.9. The highest BCUT2D eigenvalue weighted by Crippen LogP contribution is 2.45. The van der Waals surface area contributed by atoms with Gasteiger partial charge in [-0.3, -0.25) is 14.5 Å². The average molecular weight is 496 g/mol. The number of methoxy groups -OCH3 is 1. The van der Waals surface area contributed by atoms with E-state index in [-0.39, 0.29) is 17.0 Å². The molecule has 1 atom stereocenters. The van der Waals surface area contributed by atoms with Crippen LogP contribution in [0.15, 0.2) is 76.8 Å². The van der Waals surface area contributed by atoms with E-state index < -0.39 is 23.5 Å². The van der Waals surface area contributed by atoms with Gasteiger partial charge in [0.1, 0.15) is 17.3 Å². The van der Waals surface area contributed by atoms with Gasteiger partial charge in [0, 0.05) is 21.3 Å². The highest BCUT2D eigenvalue weighted by Gasteiger charge is 2.48. The van der Waals surface area contributed by atoms with Crippen LogP contribution in [0.3, 0.4) is 0 Å². The predicted octanol–water partition coefficient (Wildman–Crippen LogP) is 5.53. The number of amides is 1. The van der Waals surface area contributed by atoms with Crippen LogP contribution in [0.4, 0.5) is 10.1 Å². The molecule has 1 fully saturated rings. The van der Waals surface area contributed by atoms with Crippen LogP contribution in [-0.4, -0.2) is 23.9 Å². The molecule has 1 aliphatic rings. The molecule has 3 aromatic rings. The van der Waals surface area contributed by atoms with Crippen LogP contribution in [0, 0.1) is 12.7 Å². The summed E-state index contributed by atoms with van der Waals surface area (Å²) in [7, 11) is 1.48. The smallest absolute Gasteiger partial charge is 0.300 e. The molecule has 1 aliphatic heterocycles. The highest BCUT2D eigenvalue weighted by molar-refractivity contribution is 9.10. The summed E-state index contributed by atoms with van der Waals surface area (Å²) in [4.78, 5) is 27.5. The lowest BCUT2D eigenvalue weighted by Gasteiger charge is -2.26. The van der Waals surface area contributed by atoms with Crippen molar-refractivity contribution in [3.05, 3.63) is 99.3 Å². The molecular formula is C25H19BrFNO4. The van der Waals surface area contributed by atoms with Gasteiger partial charge in [0.25, 0.3) is 11.7 Å². The number of aliphatic hydroxyl groups excluding tert-OH is 1. The Kier molecular flexibility index (Phi) is 5.84. The molecule has 0 aliphatic carbocycles. The minimum Gasteiger partial charge on any atom is -0.507 e. The SMILES string of the molecule is COc1ccccc1C1/C(=C(\O)c2ccc(Br)c(C)c2)C(=O)C(=O)N1c1cccc(F)c1. The number of halogens is 2. The lowest BCUT2D eigenvalue weighted by Crippen LogP contribution is -2.29. The van der Waals surface area contributed by atoms with E-state index in [0.717, 1.165) is 10.0 Å². The molecule has 1 unspecified atom stereocenters. The minimum atomic E-state index is -1.00. The van der Waals surface area contributed by atoms with Crippen molar-refractivity contribution in [2.45, 2.75) is 13.0 Å². The Bertz CT molecular complexity index is 1270. The molecule has 1 heterocycles. The third kappa shape index (κ3) is 3.69. The van der Waals surface area contributed by atoms with Crippen LogP contribution in [0.5, 0.6) is 5.75 Å². The molecule has 32 heavy (non-hydrogen) atoms. The molecule has 4 rings (SSSR count). The third-order valence-electron chi connectivity index (χ3n) is 5.40. The zero-order chi connectivity index (χ0) is 23.0. The van der Waals surface area contributed by atoms with Gasteiger partial charge < -0.3 is 9.84 Å². The number of nitrogens with zero attached hydrogens (tertiary/aromatic N) is 1. The second-order valence-electron chi connectivity index (χ2n) is 7.35. The fourth-order valence-corrected chi connectivity index (χ4v) is 4.11. The van der Waals surface area contributed by atoms with Crippen LogP contribution in [-0.2, 0) is 9.59 Å². The van der Waals surface area contributed by atoms with Crippen molar-refractivity contribution < 1.29 is 23.8 Å².